The fraction of sp³-hybridized carbons (Fsp3) is 0.400. The van der Waals surface area contributed by atoms with Crippen LogP contribution in [0.1, 0.15) is 32.3 Å². The highest BCUT2D eigenvalue weighted by Crippen LogP contribution is 2.30. The van der Waals surface area contributed by atoms with E-state index in [9.17, 15) is 4.79 Å². The predicted molar refractivity (Wildman–Crippen MR) is 72.7 cm³/mol. The highest BCUT2D eigenvalue weighted by atomic mass is 16.4. The molecule has 0 radical (unpaired) electrons. The van der Waals surface area contributed by atoms with Gasteiger partial charge in [-0.15, -0.1) is 0 Å². The minimum Gasteiger partial charge on any atom is -0.481 e. The number of hydrogen-bond acceptors (Lipinski definition) is 1. The summed E-state index contributed by atoms with van der Waals surface area (Å²) in [5.41, 5.74) is 2.41. The smallest absolute Gasteiger partial charge is 0.303 e. The fourth-order valence-electron chi connectivity index (χ4n) is 2.33. The van der Waals surface area contributed by atoms with Gasteiger partial charge in [-0.05, 0) is 29.9 Å². The Morgan fingerprint density at radius 1 is 1.33 bits per heavy atom. The lowest BCUT2D eigenvalue weighted by Crippen LogP contribution is -2.16. The van der Waals surface area contributed by atoms with Crippen LogP contribution in [0.3, 0.4) is 0 Å². The van der Waals surface area contributed by atoms with Gasteiger partial charge in [0.1, 0.15) is 0 Å². The van der Waals surface area contributed by atoms with Gasteiger partial charge in [-0.25, -0.2) is 0 Å². The van der Waals surface area contributed by atoms with E-state index < -0.39 is 5.97 Å². The van der Waals surface area contributed by atoms with Gasteiger partial charge in [-0.3, -0.25) is 4.79 Å². The van der Waals surface area contributed by atoms with Crippen LogP contribution in [0.2, 0.25) is 0 Å². The second kappa shape index (κ2) is 4.84. The first-order valence-corrected chi connectivity index (χ1v) is 6.25. The molecule has 0 atom stereocenters. The molecule has 0 saturated carbocycles. The topological polar surface area (TPSA) is 53.1 Å². The van der Waals surface area contributed by atoms with Crippen LogP contribution in [0.5, 0.6) is 0 Å². The number of H-pyrrole nitrogens is 1. The Balaban J connectivity index is 2.15. The third-order valence-electron chi connectivity index (χ3n) is 3.36. The first-order valence-electron chi connectivity index (χ1n) is 6.25. The monoisotopic (exact) mass is 245 g/mol. The van der Waals surface area contributed by atoms with Crippen LogP contribution in [-0.4, -0.2) is 16.1 Å². The summed E-state index contributed by atoms with van der Waals surface area (Å²) in [5, 5.41) is 10.0. The van der Waals surface area contributed by atoms with Crippen molar-refractivity contribution in [2.24, 2.45) is 5.41 Å². The lowest BCUT2D eigenvalue weighted by atomic mass is 9.81. The largest absolute Gasteiger partial charge is 0.481 e. The number of hydrogen-bond donors (Lipinski definition) is 2. The van der Waals surface area contributed by atoms with Crippen LogP contribution in [0.15, 0.2) is 30.5 Å². The van der Waals surface area contributed by atoms with Gasteiger partial charge in [0.25, 0.3) is 0 Å². The number of benzene rings is 1. The van der Waals surface area contributed by atoms with E-state index in [1.54, 1.807) is 0 Å². The molecule has 3 heteroatoms. The molecule has 0 aliphatic rings. The summed E-state index contributed by atoms with van der Waals surface area (Å²) in [6.45, 7) is 4.25. The number of carboxylic acid groups (broad SMARTS) is 1. The number of carboxylic acids is 1. The second-order valence-corrected chi connectivity index (χ2v) is 5.59. The molecule has 96 valence electrons. The zero-order valence-electron chi connectivity index (χ0n) is 10.9. The van der Waals surface area contributed by atoms with E-state index >= 15 is 0 Å². The minimum absolute atomic E-state index is 0.00333. The van der Waals surface area contributed by atoms with Crippen LogP contribution >= 0.6 is 0 Å². The van der Waals surface area contributed by atoms with Crippen molar-refractivity contribution in [2.75, 3.05) is 0 Å². The molecular weight excluding hydrogens is 226 g/mol. The molecule has 2 rings (SSSR count). The van der Waals surface area contributed by atoms with Crippen molar-refractivity contribution in [1.29, 1.82) is 0 Å². The molecule has 0 aliphatic carbocycles. The Bertz CT molecular complexity index is 554. The number of carbonyl (C=O) groups is 1. The molecule has 18 heavy (non-hydrogen) atoms. The maximum Gasteiger partial charge on any atom is 0.303 e. The molecule has 0 saturated heterocycles. The summed E-state index contributed by atoms with van der Waals surface area (Å²) in [6.07, 6.45) is 3.86. The Kier molecular flexibility index (Phi) is 3.41. The minimum atomic E-state index is -0.720. The first-order chi connectivity index (χ1) is 8.48. The van der Waals surface area contributed by atoms with Crippen molar-refractivity contribution in [3.05, 3.63) is 36.0 Å². The zero-order valence-corrected chi connectivity index (χ0v) is 10.9. The van der Waals surface area contributed by atoms with Gasteiger partial charge in [-0.2, -0.15) is 0 Å². The summed E-state index contributed by atoms with van der Waals surface area (Å²) in [7, 11) is 0. The van der Waals surface area contributed by atoms with Crippen molar-refractivity contribution in [3.63, 3.8) is 0 Å². The van der Waals surface area contributed by atoms with E-state index in [2.05, 4.69) is 31.0 Å². The standard InChI is InChI=1S/C15H19NO2/c1-15(2,8-7-14(17)18)9-11-10-16-13-6-4-3-5-12(11)13/h3-6,10,16H,7-9H2,1-2H3,(H,17,18). The van der Waals surface area contributed by atoms with Crippen LogP contribution in [0.4, 0.5) is 0 Å². The molecule has 2 N–H and O–H groups in total. The average molecular weight is 245 g/mol. The van der Waals surface area contributed by atoms with Crippen molar-refractivity contribution >= 4 is 16.9 Å². The summed E-state index contributed by atoms with van der Waals surface area (Å²) in [6, 6.07) is 8.21. The SMILES string of the molecule is CC(C)(CCC(=O)O)Cc1c[nH]c2ccccc12. The zero-order chi connectivity index (χ0) is 13.2. The number of aliphatic carboxylic acids is 1. The van der Waals surface area contributed by atoms with E-state index in [1.807, 2.05) is 18.3 Å². The molecule has 0 fully saturated rings. The average Bonchev–Trinajstić information content (AvgIpc) is 2.70. The molecule has 3 nitrogen and oxygen atoms in total. The number of aromatic amines is 1. The molecule has 0 unspecified atom stereocenters. The summed E-state index contributed by atoms with van der Waals surface area (Å²) in [4.78, 5) is 13.9. The summed E-state index contributed by atoms with van der Waals surface area (Å²) < 4.78 is 0. The van der Waals surface area contributed by atoms with Gasteiger partial charge in [-0.1, -0.05) is 32.0 Å². The quantitative estimate of drug-likeness (QED) is 0.845. The van der Waals surface area contributed by atoms with E-state index in [0.717, 1.165) is 11.9 Å². The molecule has 0 amide bonds. The van der Waals surface area contributed by atoms with E-state index in [4.69, 9.17) is 5.11 Å². The predicted octanol–water partition coefficient (Wildman–Crippen LogP) is 3.60. The van der Waals surface area contributed by atoms with Crippen LogP contribution in [0, 0.1) is 5.41 Å². The Labute approximate surface area is 107 Å². The van der Waals surface area contributed by atoms with E-state index in [0.29, 0.717) is 6.42 Å². The number of nitrogens with one attached hydrogen (secondary N) is 1. The lowest BCUT2D eigenvalue weighted by Gasteiger charge is -2.23. The van der Waals surface area contributed by atoms with Gasteiger partial charge >= 0.3 is 5.97 Å². The summed E-state index contributed by atoms with van der Waals surface area (Å²) >= 11 is 0. The highest BCUT2D eigenvalue weighted by Gasteiger charge is 2.21. The maximum absolute atomic E-state index is 10.7. The number of para-hydroxylation sites is 1. The van der Waals surface area contributed by atoms with Gasteiger partial charge in [0.2, 0.25) is 0 Å². The van der Waals surface area contributed by atoms with Crippen molar-refractivity contribution in [3.8, 4) is 0 Å². The molecule has 1 aromatic heterocycles. The number of aromatic nitrogens is 1. The molecular formula is C15H19NO2. The Hall–Kier alpha value is -1.77. The van der Waals surface area contributed by atoms with Crippen molar-refractivity contribution in [2.45, 2.75) is 33.1 Å². The molecule has 0 bridgehead atoms. The third kappa shape index (κ3) is 2.92. The fourth-order valence-corrected chi connectivity index (χ4v) is 2.33. The van der Waals surface area contributed by atoms with E-state index in [-0.39, 0.29) is 11.8 Å². The Morgan fingerprint density at radius 3 is 2.78 bits per heavy atom. The van der Waals surface area contributed by atoms with Gasteiger partial charge in [0, 0.05) is 23.5 Å². The molecule has 1 aromatic carbocycles. The normalized spacial score (nSPS) is 11.9. The van der Waals surface area contributed by atoms with Crippen molar-refractivity contribution < 1.29 is 9.90 Å². The Morgan fingerprint density at radius 2 is 2.06 bits per heavy atom. The first kappa shape index (κ1) is 12.7. The van der Waals surface area contributed by atoms with Crippen LogP contribution in [-0.2, 0) is 11.2 Å². The van der Waals surface area contributed by atoms with Gasteiger partial charge < -0.3 is 10.1 Å². The van der Waals surface area contributed by atoms with Crippen LogP contribution < -0.4 is 0 Å². The van der Waals surface area contributed by atoms with Gasteiger partial charge in [0.05, 0.1) is 0 Å². The van der Waals surface area contributed by atoms with Crippen molar-refractivity contribution in [1.82, 2.24) is 4.98 Å². The molecule has 2 aromatic rings. The van der Waals surface area contributed by atoms with Gasteiger partial charge in [0.15, 0.2) is 0 Å². The molecule has 0 aliphatic heterocycles. The lowest BCUT2D eigenvalue weighted by molar-refractivity contribution is -0.137. The highest BCUT2D eigenvalue weighted by molar-refractivity contribution is 5.83. The van der Waals surface area contributed by atoms with Crippen LogP contribution in [0.25, 0.3) is 10.9 Å². The van der Waals surface area contributed by atoms with E-state index in [1.165, 1.54) is 10.9 Å². The maximum atomic E-state index is 10.7. The molecule has 0 spiro atoms. The third-order valence-corrected chi connectivity index (χ3v) is 3.36. The number of fused-ring (bicyclic) bond motifs is 1. The molecule has 1 heterocycles. The summed E-state index contributed by atoms with van der Waals surface area (Å²) in [5.74, 6) is -0.720. The number of rotatable bonds is 5. The second-order valence-electron chi connectivity index (χ2n) is 5.59.